The largest absolute Gasteiger partial charge is 0.508 e. The van der Waals surface area contributed by atoms with Crippen molar-refractivity contribution in [2.75, 3.05) is 0 Å². The first kappa shape index (κ1) is 17.7. The van der Waals surface area contributed by atoms with Gasteiger partial charge in [0.2, 0.25) is 0 Å². The number of nitrogens with zero attached hydrogens (tertiary/aromatic N) is 2. The molecule has 2 aromatic heterocycles. The summed E-state index contributed by atoms with van der Waals surface area (Å²) < 4.78 is 0. The molecule has 2 aromatic carbocycles. The Labute approximate surface area is 172 Å². The van der Waals surface area contributed by atoms with E-state index < -0.39 is 0 Å². The molecular formula is C23H20N2OS2. The average Bonchev–Trinajstić information content (AvgIpc) is 3.09. The zero-order valence-electron chi connectivity index (χ0n) is 15.6. The Hall–Kier alpha value is -2.37. The van der Waals surface area contributed by atoms with Gasteiger partial charge in [-0.1, -0.05) is 41.6 Å². The lowest BCUT2D eigenvalue weighted by Gasteiger charge is -2.22. The average molecular weight is 405 g/mol. The second-order valence-corrected chi connectivity index (χ2v) is 9.45. The van der Waals surface area contributed by atoms with Gasteiger partial charge in [-0.05, 0) is 67.5 Å². The van der Waals surface area contributed by atoms with Crippen LogP contribution in [0.2, 0.25) is 0 Å². The third kappa shape index (κ3) is 3.29. The van der Waals surface area contributed by atoms with E-state index in [4.69, 9.17) is 0 Å². The van der Waals surface area contributed by atoms with Crippen molar-refractivity contribution in [3.8, 4) is 5.75 Å². The summed E-state index contributed by atoms with van der Waals surface area (Å²) in [5.41, 5.74) is 4.01. The minimum atomic E-state index is 0.329. The standard InChI is InChI=1S/C23H20N2OS2/c1-14-2-9-18(10-3-14)27-22-21-19-11-6-16(15-4-7-17(26)8-5-15)12-20(19)28-23(21)25-13-24-22/h2-5,7-10,13,16,26H,6,11-12H2,1H3. The fraction of sp³-hybridized carbons (Fsp3) is 0.217. The number of aromatic hydroxyl groups is 1. The molecule has 0 radical (unpaired) electrons. The van der Waals surface area contributed by atoms with Gasteiger partial charge in [0, 0.05) is 15.2 Å². The van der Waals surface area contributed by atoms with Crippen LogP contribution in [0, 0.1) is 6.92 Å². The smallest absolute Gasteiger partial charge is 0.128 e. The Morgan fingerprint density at radius 1 is 1.04 bits per heavy atom. The van der Waals surface area contributed by atoms with Crippen molar-refractivity contribution in [3.05, 3.63) is 76.4 Å². The number of hydrogen-bond acceptors (Lipinski definition) is 5. The molecule has 28 heavy (non-hydrogen) atoms. The van der Waals surface area contributed by atoms with Gasteiger partial charge in [-0.2, -0.15) is 0 Å². The maximum Gasteiger partial charge on any atom is 0.128 e. The van der Waals surface area contributed by atoms with E-state index in [1.165, 1.54) is 31.8 Å². The van der Waals surface area contributed by atoms with Gasteiger partial charge in [-0.3, -0.25) is 0 Å². The van der Waals surface area contributed by atoms with Crippen molar-refractivity contribution < 1.29 is 5.11 Å². The molecule has 0 saturated carbocycles. The van der Waals surface area contributed by atoms with E-state index in [1.54, 1.807) is 30.2 Å². The van der Waals surface area contributed by atoms with Crippen molar-refractivity contribution in [1.82, 2.24) is 9.97 Å². The molecule has 2 heterocycles. The second-order valence-electron chi connectivity index (χ2n) is 7.31. The number of hydrogen-bond donors (Lipinski definition) is 1. The van der Waals surface area contributed by atoms with E-state index in [1.807, 2.05) is 11.3 Å². The van der Waals surface area contributed by atoms with Crippen LogP contribution in [-0.2, 0) is 12.8 Å². The molecule has 0 amide bonds. The number of aromatic nitrogens is 2. The van der Waals surface area contributed by atoms with Crippen molar-refractivity contribution in [1.29, 1.82) is 0 Å². The first-order chi connectivity index (χ1) is 13.7. The zero-order valence-corrected chi connectivity index (χ0v) is 17.2. The lowest BCUT2D eigenvalue weighted by molar-refractivity contribution is 0.474. The molecule has 0 bridgehead atoms. The maximum absolute atomic E-state index is 9.56. The number of aryl methyl sites for hydroxylation is 2. The maximum atomic E-state index is 9.56. The summed E-state index contributed by atoms with van der Waals surface area (Å²) in [5, 5.41) is 11.9. The normalized spacial score (nSPS) is 16.2. The van der Waals surface area contributed by atoms with Crippen molar-refractivity contribution in [3.63, 3.8) is 0 Å². The fourth-order valence-corrected chi connectivity index (χ4v) is 6.16. The molecule has 1 N–H and O–H groups in total. The predicted octanol–water partition coefficient (Wildman–Crippen LogP) is 6.13. The minimum absolute atomic E-state index is 0.329. The Balaban J connectivity index is 1.49. The first-order valence-corrected chi connectivity index (χ1v) is 11.1. The van der Waals surface area contributed by atoms with Crippen molar-refractivity contribution >= 4 is 33.3 Å². The van der Waals surface area contributed by atoms with Gasteiger partial charge in [0.15, 0.2) is 0 Å². The highest BCUT2D eigenvalue weighted by Gasteiger charge is 2.26. The van der Waals surface area contributed by atoms with Crippen LogP contribution in [0.1, 0.15) is 33.9 Å². The summed E-state index contributed by atoms with van der Waals surface area (Å²) in [6, 6.07) is 16.3. The Morgan fingerprint density at radius 3 is 2.61 bits per heavy atom. The van der Waals surface area contributed by atoms with Crippen LogP contribution in [0.3, 0.4) is 0 Å². The van der Waals surface area contributed by atoms with E-state index in [-0.39, 0.29) is 0 Å². The van der Waals surface area contributed by atoms with Gasteiger partial charge in [-0.15, -0.1) is 11.3 Å². The monoisotopic (exact) mass is 404 g/mol. The van der Waals surface area contributed by atoms with E-state index in [0.29, 0.717) is 11.7 Å². The summed E-state index contributed by atoms with van der Waals surface area (Å²) in [6.07, 6.45) is 4.90. The van der Waals surface area contributed by atoms with Crippen LogP contribution in [0.15, 0.2) is 64.8 Å². The van der Waals surface area contributed by atoms with Crippen LogP contribution in [0.5, 0.6) is 5.75 Å². The third-order valence-electron chi connectivity index (χ3n) is 5.41. The van der Waals surface area contributed by atoms with Crippen LogP contribution in [0.4, 0.5) is 0 Å². The molecule has 140 valence electrons. The van der Waals surface area contributed by atoms with Gasteiger partial charge in [0.1, 0.15) is 21.9 Å². The van der Waals surface area contributed by atoms with E-state index in [0.717, 1.165) is 29.1 Å². The van der Waals surface area contributed by atoms with Crippen LogP contribution in [0.25, 0.3) is 10.2 Å². The molecule has 0 saturated heterocycles. The zero-order chi connectivity index (χ0) is 19.1. The number of rotatable bonds is 3. The Bertz CT molecular complexity index is 1130. The molecule has 0 aliphatic heterocycles. The lowest BCUT2D eigenvalue weighted by Crippen LogP contribution is -2.10. The lowest BCUT2D eigenvalue weighted by atomic mass is 9.83. The number of benzene rings is 2. The molecule has 3 nitrogen and oxygen atoms in total. The number of fused-ring (bicyclic) bond motifs is 3. The molecule has 1 aliphatic carbocycles. The predicted molar refractivity (Wildman–Crippen MR) is 116 cm³/mol. The molecule has 1 aliphatic rings. The molecule has 1 atom stereocenters. The summed E-state index contributed by atoms with van der Waals surface area (Å²) >= 11 is 3.54. The summed E-state index contributed by atoms with van der Waals surface area (Å²) in [4.78, 5) is 12.9. The molecule has 5 rings (SSSR count). The van der Waals surface area contributed by atoms with E-state index in [9.17, 15) is 5.11 Å². The van der Waals surface area contributed by atoms with Gasteiger partial charge in [0.05, 0.1) is 0 Å². The van der Waals surface area contributed by atoms with Crippen LogP contribution in [-0.4, -0.2) is 15.1 Å². The molecule has 4 aromatic rings. The van der Waals surface area contributed by atoms with Gasteiger partial charge >= 0.3 is 0 Å². The second kappa shape index (κ2) is 7.22. The van der Waals surface area contributed by atoms with E-state index >= 15 is 0 Å². The van der Waals surface area contributed by atoms with Gasteiger partial charge < -0.3 is 5.11 Å². The summed E-state index contributed by atoms with van der Waals surface area (Å²) in [7, 11) is 0. The quantitative estimate of drug-likeness (QED) is 0.417. The van der Waals surface area contributed by atoms with Gasteiger partial charge in [-0.25, -0.2) is 9.97 Å². The third-order valence-corrected chi connectivity index (χ3v) is 7.58. The first-order valence-electron chi connectivity index (χ1n) is 9.46. The van der Waals surface area contributed by atoms with Gasteiger partial charge in [0.25, 0.3) is 0 Å². The van der Waals surface area contributed by atoms with Crippen molar-refractivity contribution in [2.24, 2.45) is 0 Å². The highest BCUT2D eigenvalue weighted by atomic mass is 32.2. The molecule has 5 heteroatoms. The number of phenols is 1. The molecule has 1 unspecified atom stereocenters. The van der Waals surface area contributed by atoms with Crippen molar-refractivity contribution in [2.45, 2.75) is 42.0 Å². The summed E-state index contributed by atoms with van der Waals surface area (Å²) in [5.74, 6) is 0.831. The fourth-order valence-electron chi connectivity index (χ4n) is 3.91. The topological polar surface area (TPSA) is 46.0 Å². The summed E-state index contributed by atoms with van der Waals surface area (Å²) in [6.45, 7) is 2.11. The number of thiophene rings is 1. The highest BCUT2D eigenvalue weighted by molar-refractivity contribution is 7.99. The molecule has 0 fully saturated rings. The molecule has 0 spiro atoms. The van der Waals surface area contributed by atoms with E-state index in [2.05, 4.69) is 53.3 Å². The SMILES string of the molecule is Cc1ccc(Sc2ncnc3sc4c(c23)CCC(c2ccc(O)cc2)C4)cc1. The van der Waals surface area contributed by atoms with Crippen LogP contribution >= 0.6 is 23.1 Å². The Kier molecular flexibility index (Phi) is 4.57. The Morgan fingerprint density at radius 2 is 1.82 bits per heavy atom. The number of phenolic OH excluding ortho intramolecular Hbond substituents is 1. The van der Waals surface area contributed by atoms with Crippen LogP contribution < -0.4 is 0 Å². The molecular weight excluding hydrogens is 384 g/mol. The minimum Gasteiger partial charge on any atom is -0.508 e. The highest BCUT2D eigenvalue weighted by Crippen LogP contribution is 2.44.